The third-order valence-electron chi connectivity index (χ3n) is 3.86. The van der Waals surface area contributed by atoms with E-state index in [4.69, 9.17) is 10.5 Å². The van der Waals surface area contributed by atoms with E-state index >= 15 is 0 Å². The molecule has 0 saturated carbocycles. The van der Waals surface area contributed by atoms with E-state index in [9.17, 15) is 18.8 Å². The molecule has 1 aromatic carbocycles. The van der Waals surface area contributed by atoms with Gasteiger partial charge in [0.05, 0.1) is 6.42 Å². The molecule has 2 aromatic rings. The smallest absolute Gasteiger partial charge is 0.308 e. The van der Waals surface area contributed by atoms with Gasteiger partial charge in [-0.15, -0.1) is 0 Å². The van der Waals surface area contributed by atoms with Gasteiger partial charge in [-0.3, -0.25) is 19.3 Å². The number of nitrogens with one attached hydrogen (secondary N) is 1. The zero-order chi connectivity index (χ0) is 20.1. The Morgan fingerprint density at radius 2 is 1.82 bits per heavy atom. The summed E-state index contributed by atoms with van der Waals surface area (Å²) in [6.45, 7) is -0.279. The number of imide groups is 1. The van der Waals surface area contributed by atoms with Gasteiger partial charge < -0.3 is 15.8 Å². The Labute approximate surface area is 158 Å². The monoisotopic (exact) mass is 388 g/mol. The van der Waals surface area contributed by atoms with Crippen molar-refractivity contribution in [2.75, 3.05) is 17.6 Å². The summed E-state index contributed by atoms with van der Waals surface area (Å²) >= 11 is 0. The summed E-state index contributed by atoms with van der Waals surface area (Å²) in [5.41, 5.74) is 6.17. The molecule has 0 radical (unpaired) electrons. The molecular weight excluding hydrogens is 371 g/mol. The molecule has 2 heterocycles. The van der Waals surface area contributed by atoms with Crippen LogP contribution >= 0.6 is 0 Å². The average molecular weight is 388 g/mol. The number of likely N-dealkylation sites (tertiary alicyclic amines) is 1. The van der Waals surface area contributed by atoms with Gasteiger partial charge in [0.15, 0.2) is 12.4 Å². The van der Waals surface area contributed by atoms with E-state index < -0.39 is 5.97 Å². The average Bonchev–Trinajstić information content (AvgIpc) is 2.97. The molecule has 28 heavy (non-hydrogen) atoms. The first-order valence-electron chi connectivity index (χ1n) is 8.42. The number of ether oxygens (including phenoxy) is 1. The molecule has 1 saturated heterocycles. The van der Waals surface area contributed by atoms with E-state index in [1.165, 1.54) is 24.3 Å². The second-order valence-electron chi connectivity index (χ2n) is 5.92. The molecule has 2 amide bonds. The van der Waals surface area contributed by atoms with Gasteiger partial charge in [-0.2, -0.15) is 15.0 Å². The van der Waals surface area contributed by atoms with Gasteiger partial charge >= 0.3 is 5.97 Å². The predicted molar refractivity (Wildman–Crippen MR) is 94.3 cm³/mol. The van der Waals surface area contributed by atoms with Crippen LogP contribution in [0.15, 0.2) is 24.3 Å². The number of aromatic nitrogens is 3. The first-order chi connectivity index (χ1) is 13.4. The first-order valence-corrected chi connectivity index (χ1v) is 8.42. The number of nitrogens with zero attached hydrogens (tertiary/aromatic N) is 4. The van der Waals surface area contributed by atoms with Gasteiger partial charge in [-0.25, -0.2) is 4.39 Å². The highest BCUT2D eigenvalue weighted by Gasteiger charge is 2.29. The maximum atomic E-state index is 13.0. The number of benzene rings is 1. The molecule has 3 N–H and O–H groups in total. The fourth-order valence-corrected chi connectivity index (χ4v) is 2.51. The Hall–Kier alpha value is -3.63. The Balaban J connectivity index is 1.54. The maximum Gasteiger partial charge on any atom is 0.308 e. The summed E-state index contributed by atoms with van der Waals surface area (Å²) in [5.74, 6) is -1.44. The number of carbonyl (C=O) groups excluding carboxylic acids is 3. The number of carbonyl (C=O) groups is 3. The number of amides is 2. The van der Waals surface area contributed by atoms with Crippen LogP contribution in [0.5, 0.6) is 0 Å². The van der Waals surface area contributed by atoms with Crippen molar-refractivity contribution in [3.05, 3.63) is 35.9 Å². The summed E-state index contributed by atoms with van der Waals surface area (Å²) < 4.78 is 18.0. The maximum absolute atomic E-state index is 13.0. The minimum atomic E-state index is -0.612. The van der Waals surface area contributed by atoms with Crippen molar-refractivity contribution in [2.24, 2.45) is 0 Å². The van der Waals surface area contributed by atoms with Crippen molar-refractivity contribution >= 4 is 35.4 Å². The number of hydrogen-bond donors (Lipinski definition) is 2. The molecule has 11 heteroatoms. The van der Waals surface area contributed by atoms with E-state index in [1.54, 1.807) is 0 Å². The quantitative estimate of drug-likeness (QED) is 0.523. The zero-order valence-electron chi connectivity index (χ0n) is 14.7. The number of nitrogen functional groups attached to an aromatic ring is 1. The highest BCUT2D eigenvalue weighted by molar-refractivity contribution is 6.02. The van der Waals surface area contributed by atoms with Crippen LogP contribution in [0.2, 0.25) is 0 Å². The Morgan fingerprint density at radius 3 is 2.50 bits per heavy atom. The summed E-state index contributed by atoms with van der Waals surface area (Å²) in [6.07, 6.45) is 0.211. The number of anilines is 3. The SMILES string of the molecule is Nc1nc(COC(=O)CCN2C(=O)CCC2=O)nc(Nc2ccc(F)cc2)n1. The van der Waals surface area contributed by atoms with Gasteiger partial charge in [0.1, 0.15) is 5.82 Å². The molecule has 0 spiro atoms. The molecule has 0 atom stereocenters. The van der Waals surface area contributed by atoms with Crippen LogP contribution in [-0.4, -0.2) is 44.2 Å². The molecule has 1 aliphatic heterocycles. The van der Waals surface area contributed by atoms with Gasteiger partial charge in [-0.05, 0) is 24.3 Å². The van der Waals surface area contributed by atoms with Crippen LogP contribution in [-0.2, 0) is 25.7 Å². The zero-order valence-corrected chi connectivity index (χ0v) is 14.7. The van der Waals surface area contributed by atoms with Crippen LogP contribution in [0.25, 0.3) is 0 Å². The van der Waals surface area contributed by atoms with Crippen LogP contribution in [0.4, 0.5) is 22.0 Å². The van der Waals surface area contributed by atoms with Gasteiger partial charge in [-0.1, -0.05) is 0 Å². The molecule has 0 aliphatic carbocycles. The summed E-state index contributed by atoms with van der Waals surface area (Å²) in [5, 5.41) is 2.84. The van der Waals surface area contributed by atoms with Gasteiger partial charge in [0.25, 0.3) is 0 Å². The highest BCUT2D eigenvalue weighted by atomic mass is 19.1. The van der Waals surface area contributed by atoms with Crippen molar-refractivity contribution in [2.45, 2.75) is 25.9 Å². The number of hydrogen-bond acceptors (Lipinski definition) is 9. The minimum Gasteiger partial charge on any atom is -0.457 e. The van der Waals surface area contributed by atoms with E-state index in [0.29, 0.717) is 5.69 Å². The van der Waals surface area contributed by atoms with E-state index in [2.05, 4.69) is 20.3 Å². The van der Waals surface area contributed by atoms with Crippen molar-refractivity contribution in [3.63, 3.8) is 0 Å². The third-order valence-corrected chi connectivity index (χ3v) is 3.86. The number of esters is 1. The lowest BCUT2D eigenvalue weighted by Gasteiger charge is -2.13. The topological polar surface area (TPSA) is 140 Å². The molecule has 1 fully saturated rings. The Kier molecular flexibility index (Phi) is 5.72. The Morgan fingerprint density at radius 1 is 1.14 bits per heavy atom. The third kappa shape index (κ3) is 4.96. The number of rotatable bonds is 7. The lowest BCUT2D eigenvalue weighted by molar-refractivity contribution is -0.146. The van der Waals surface area contributed by atoms with E-state index in [-0.39, 0.29) is 67.8 Å². The van der Waals surface area contributed by atoms with Crippen molar-refractivity contribution in [1.29, 1.82) is 0 Å². The van der Waals surface area contributed by atoms with E-state index in [0.717, 1.165) is 4.90 Å². The Bertz CT molecular complexity index is 889. The fraction of sp³-hybridized carbons (Fsp3) is 0.294. The summed E-state index contributed by atoms with van der Waals surface area (Å²) in [7, 11) is 0. The van der Waals surface area contributed by atoms with Gasteiger partial charge in [0, 0.05) is 25.1 Å². The predicted octanol–water partition coefficient (Wildman–Crippen LogP) is 0.919. The lowest BCUT2D eigenvalue weighted by Crippen LogP contribution is -2.31. The van der Waals surface area contributed by atoms with Gasteiger partial charge in [0.2, 0.25) is 23.7 Å². The second-order valence-corrected chi connectivity index (χ2v) is 5.92. The molecule has 3 rings (SSSR count). The van der Waals surface area contributed by atoms with Crippen molar-refractivity contribution in [3.8, 4) is 0 Å². The van der Waals surface area contributed by atoms with Crippen molar-refractivity contribution in [1.82, 2.24) is 19.9 Å². The summed E-state index contributed by atoms with van der Waals surface area (Å²) in [4.78, 5) is 47.8. The molecule has 0 unspecified atom stereocenters. The van der Waals surface area contributed by atoms with Crippen LogP contribution in [0.1, 0.15) is 25.1 Å². The number of halogens is 1. The van der Waals surface area contributed by atoms with E-state index in [1.807, 2.05) is 0 Å². The largest absolute Gasteiger partial charge is 0.457 e. The molecule has 10 nitrogen and oxygen atoms in total. The molecule has 0 bridgehead atoms. The minimum absolute atomic E-state index is 0.0206. The normalized spacial score (nSPS) is 13.7. The second kappa shape index (κ2) is 8.37. The summed E-state index contributed by atoms with van der Waals surface area (Å²) in [6, 6.07) is 5.53. The van der Waals surface area contributed by atoms with Crippen LogP contribution < -0.4 is 11.1 Å². The standard InChI is InChI=1S/C17H17FN6O4/c18-10-1-3-11(4-2-10)20-17-22-12(21-16(19)23-17)9-28-15(27)7-8-24-13(25)5-6-14(24)26/h1-4H,5-9H2,(H3,19,20,21,22,23). The van der Waals surface area contributed by atoms with Crippen LogP contribution in [0, 0.1) is 5.82 Å². The lowest BCUT2D eigenvalue weighted by atomic mass is 10.3. The molecule has 1 aromatic heterocycles. The van der Waals surface area contributed by atoms with Crippen LogP contribution in [0.3, 0.4) is 0 Å². The van der Waals surface area contributed by atoms with Crippen molar-refractivity contribution < 1.29 is 23.5 Å². The fourth-order valence-electron chi connectivity index (χ4n) is 2.51. The number of nitrogens with two attached hydrogens (primary N) is 1. The highest BCUT2D eigenvalue weighted by Crippen LogP contribution is 2.15. The molecular formula is C17H17FN6O4. The molecule has 1 aliphatic rings. The molecule has 146 valence electrons. The first kappa shape index (κ1) is 19.1.